The molecule has 0 spiro atoms. The van der Waals surface area contributed by atoms with Gasteiger partial charge in [0.15, 0.2) is 5.96 Å². The molecule has 0 aromatic rings. The molecule has 3 aliphatic rings. The first-order chi connectivity index (χ1) is 10.8. The van der Waals surface area contributed by atoms with Crippen LogP contribution in [0.25, 0.3) is 0 Å². The lowest BCUT2D eigenvalue weighted by Gasteiger charge is -2.25. The monoisotopic (exact) mass is 308 g/mol. The molecule has 22 heavy (non-hydrogen) atoms. The highest BCUT2D eigenvalue weighted by atomic mass is 16.5. The average molecular weight is 308 g/mol. The summed E-state index contributed by atoms with van der Waals surface area (Å²) >= 11 is 0. The van der Waals surface area contributed by atoms with E-state index < -0.39 is 0 Å². The lowest BCUT2D eigenvalue weighted by atomic mass is 10.1. The van der Waals surface area contributed by atoms with Gasteiger partial charge in [-0.1, -0.05) is 12.8 Å². The summed E-state index contributed by atoms with van der Waals surface area (Å²) in [6.07, 6.45) is 10.9. The van der Waals surface area contributed by atoms with Crippen molar-refractivity contribution in [2.75, 3.05) is 33.3 Å². The number of rotatable bonds is 4. The Morgan fingerprint density at radius 1 is 1.14 bits per heavy atom. The van der Waals surface area contributed by atoms with Gasteiger partial charge in [-0.3, -0.25) is 9.89 Å². The lowest BCUT2D eigenvalue weighted by molar-refractivity contribution is 0.0194. The average Bonchev–Trinajstić information content (AvgIpc) is 3.23. The van der Waals surface area contributed by atoms with Gasteiger partial charge in [-0.15, -0.1) is 0 Å². The summed E-state index contributed by atoms with van der Waals surface area (Å²) in [6.45, 7) is 4.20. The lowest BCUT2D eigenvalue weighted by Crippen LogP contribution is -2.47. The number of nitrogens with zero attached hydrogens (tertiary/aromatic N) is 2. The van der Waals surface area contributed by atoms with Crippen LogP contribution >= 0.6 is 0 Å². The van der Waals surface area contributed by atoms with Crippen molar-refractivity contribution in [1.82, 2.24) is 15.5 Å². The van der Waals surface area contributed by atoms with Crippen molar-refractivity contribution in [3.63, 3.8) is 0 Å². The molecule has 0 bridgehead atoms. The Balaban J connectivity index is 1.39. The second-order valence-corrected chi connectivity index (χ2v) is 7.00. The first-order valence-electron chi connectivity index (χ1n) is 9.18. The fraction of sp³-hybridized carbons (Fsp3) is 0.941. The predicted octanol–water partition coefficient (Wildman–Crippen LogP) is 1.74. The highest BCUT2D eigenvalue weighted by Crippen LogP contribution is 2.26. The predicted molar refractivity (Wildman–Crippen MR) is 90.3 cm³/mol. The maximum atomic E-state index is 5.77. The van der Waals surface area contributed by atoms with Crippen LogP contribution in [0.2, 0.25) is 0 Å². The summed E-state index contributed by atoms with van der Waals surface area (Å²) < 4.78 is 5.77. The largest absolute Gasteiger partial charge is 0.376 e. The molecule has 2 N–H and O–H groups in total. The highest BCUT2D eigenvalue weighted by Gasteiger charge is 2.30. The molecule has 126 valence electrons. The van der Waals surface area contributed by atoms with Crippen LogP contribution < -0.4 is 10.6 Å². The van der Waals surface area contributed by atoms with E-state index in [1.807, 2.05) is 7.05 Å². The molecular formula is C17H32N4O. The van der Waals surface area contributed by atoms with Crippen molar-refractivity contribution < 1.29 is 4.74 Å². The number of ether oxygens (including phenoxy) is 1. The van der Waals surface area contributed by atoms with E-state index in [1.54, 1.807) is 0 Å². The molecule has 0 radical (unpaired) electrons. The molecule has 2 atom stereocenters. The number of guanidine groups is 1. The van der Waals surface area contributed by atoms with Crippen LogP contribution in [0.1, 0.15) is 51.4 Å². The van der Waals surface area contributed by atoms with E-state index in [0.29, 0.717) is 12.1 Å². The molecule has 5 heteroatoms. The van der Waals surface area contributed by atoms with Gasteiger partial charge >= 0.3 is 0 Å². The zero-order valence-electron chi connectivity index (χ0n) is 14.0. The molecule has 3 fully saturated rings. The van der Waals surface area contributed by atoms with E-state index in [1.165, 1.54) is 64.5 Å². The highest BCUT2D eigenvalue weighted by molar-refractivity contribution is 5.80. The van der Waals surface area contributed by atoms with Crippen LogP contribution in [0.3, 0.4) is 0 Å². The minimum atomic E-state index is 0.353. The SMILES string of the molecule is CN=C(NCC1CCCCO1)NC1CCN(C2CCCC2)C1. The molecule has 0 amide bonds. The number of likely N-dealkylation sites (tertiary alicyclic amines) is 1. The number of hydrogen-bond donors (Lipinski definition) is 2. The standard InChI is InChI=1S/C17H32N4O/c1-18-17(19-12-16-8-4-5-11-22-16)20-14-9-10-21(13-14)15-6-2-3-7-15/h14-16H,2-13H2,1H3,(H2,18,19,20). The minimum absolute atomic E-state index is 0.353. The van der Waals surface area contributed by atoms with Gasteiger partial charge in [-0.25, -0.2) is 0 Å². The van der Waals surface area contributed by atoms with Gasteiger partial charge < -0.3 is 15.4 Å². The smallest absolute Gasteiger partial charge is 0.191 e. The maximum Gasteiger partial charge on any atom is 0.191 e. The van der Waals surface area contributed by atoms with Crippen LogP contribution in [-0.4, -0.2) is 62.3 Å². The van der Waals surface area contributed by atoms with Crippen LogP contribution in [0.15, 0.2) is 4.99 Å². The third kappa shape index (κ3) is 4.35. The van der Waals surface area contributed by atoms with Crippen molar-refractivity contribution in [2.24, 2.45) is 4.99 Å². The molecule has 2 heterocycles. The first kappa shape index (κ1) is 16.1. The summed E-state index contributed by atoms with van der Waals surface area (Å²) in [6, 6.07) is 1.39. The fourth-order valence-electron chi connectivity index (χ4n) is 4.07. The third-order valence-electron chi connectivity index (χ3n) is 5.40. The molecular weight excluding hydrogens is 276 g/mol. The Morgan fingerprint density at radius 2 is 1.95 bits per heavy atom. The number of hydrogen-bond acceptors (Lipinski definition) is 3. The van der Waals surface area contributed by atoms with E-state index in [-0.39, 0.29) is 0 Å². The molecule has 2 unspecified atom stereocenters. The Morgan fingerprint density at radius 3 is 2.68 bits per heavy atom. The van der Waals surface area contributed by atoms with E-state index >= 15 is 0 Å². The Bertz CT molecular complexity index is 362. The van der Waals surface area contributed by atoms with Crippen LogP contribution in [-0.2, 0) is 4.74 Å². The van der Waals surface area contributed by atoms with Crippen LogP contribution in [0.4, 0.5) is 0 Å². The zero-order valence-corrected chi connectivity index (χ0v) is 14.0. The molecule has 2 aliphatic heterocycles. The molecule has 1 aliphatic carbocycles. The van der Waals surface area contributed by atoms with Crippen molar-refractivity contribution in [3.8, 4) is 0 Å². The first-order valence-corrected chi connectivity index (χ1v) is 9.18. The van der Waals surface area contributed by atoms with Gasteiger partial charge in [-0.05, 0) is 38.5 Å². The summed E-state index contributed by atoms with van der Waals surface area (Å²) in [5.41, 5.74) is 0. The van der Waals surface area contributed by atoms with E-state index in [9.17, 15) is 0 Å². The van der Waals surface area contributed by atoms with Crippen molar-refractivity contribution >= 4 is 5.96 Å². The van der Waals surface area contributed by atoms with Gasteiger partial charge in [0.1, 0.15) is 0 Å². The van der Waals surface area contributed by atoms with Gasteiger partial charge in [0.25, 0.3) is 0 Å². The summed E-state index contributed by atoms with van der Waals surface area (Å²) in [5, 5.41) is 7.05. The van der Waals surface area contributed by atoms with Gasteiger partial charge in [0, 0.05) is 45.4 Å². The van der Waals surface area contributed by atoms with Crippen LogP contribution in [0.5, 0.6) is 0 Å². The fourth-order valence-corrected chi connectivity index (χ4v) is 4.07. The molecule has 2 saturated heterocycles. The Kier molecular flexibility index (Phi) is 5.96. The Labute approximate surface area is 134 Å². The normalized spacial score (nSPS) is 31.6. The summed E-state index contributed by atoms with van der Waals surface area (Å²) in [7, 11) is 1.86. The molecule has 3 rings (SSSR count). The molecule has 5 nitrogen and oxygen atoms in total. The zero-order chi connectivity index (χ0) is 15.2. The van der Waals surface area contributed by atoms with Gasteiger partial charge in [-0.2, -0.15) is 0 Å². The number of aliphatic imine (C=N–C) groups is 1. The van der Waals surface area contributed by atoms with E-state index in [4.69, 9.17) is 4.74 Å². The van der Waals surface area contributed by atoms with Gasteiger partial charge in [0.05, 0.1) is 6.10 Å². The van der Waals surface area contributed by atoms with Crippen molar-refractivity contribution in [3.05, 3.63) is 0 Å². The maximum absolute atomic E-state index is 5.77. The quantitative estimate of drug-likeness (QED) is 0.613. The topological polar surface area (TPSA) is 48.9 Å². The molecule has 0 aromatic carbocycles. The van der Waals surface area contributed by atoms with Crippen molar-refractivity contribution in [1.29, 1.82) is 0 Å². The van der Waals surface area contributed by atoms with Gasteiger partial charge in [0.2, 0.25) is 0 Å². The van der Waals surface area contributed by atoms with E-state index in [2.05, 4.69) is 20.5 Å². The van der Waals surface area contributed by atoms with Crippen molar-refractivity contribution in [2.45, 2.75) is 69.6 Å². The molecule has 0 aromatic heterocycles. The van der Waals surface area contributed by atoms with E-state index in [0.717, 1.165) is 25.2 Å². The summed E-state index contributed by atoms with van der Waals surface area (Å²) in [4.78, 5) is 7.06. The summed E-state index contributed by atoms with van der Waals surface area (Å²) in [5.74, 6) is 0.937. The minimum Gasteiger partial charge on any atom is -0.376 e. The Hall–Kier alpha value is -0.810. The van der Waals surface area contributed by atoms with Crippen LogP contribution in [0, 0.1) is 0 Å². The molecule has 1 saturated carbocycles. The second kappa shape index (κ2) is 8.16. The second-order valence-electron chi connectivity index (χ2n) is 7.00. The third-order valence-corrected chi connectivity index (χ3v) is 5.40. The number of nitrogens with one attached hydrogen (secondary N) is 2.